The second-order valence-corrected chi connectivity index (χ2v) is 11.7. The zero-order valence-electron chi connectivity index (χ0n) is 30.4. The van der Waals surface area contributed by atoms with Gasteiger partial charge in [-0.25, -0.2) is 4.98 Å². The van der Waals surface area contributed by atoms with Crippen LogP contribution in [0, 0.1) is 13.8 Å². The molecule has 6 rings (SSSR count). The van der Waals surface area contributed by atoms with E-state index in [2.05, 4.69) is 10.3 Å². The third-order valence-corrected chi connectivity index (χ3v) is 8.03. The van der Waals surface area contributed by atoms with E-state index < -0.39 is 0 Å². The molecule has 2 atom stereocenters. The molecular weight excluding hydrogens is 679 g/mol. The zero-order valence-corrected chi connectivity index (χ0v) is 31.9. The molecule has 10 nitrogen and oxygen atoms in total. The molecule has 272 valence electrons. The number of carbonyl (C=O) groups excluding carboxylic acids is 2. The number of nitrogens with two attached hydrogens (primary N) is 1. The number of halogens is 2. The lowest BCUT2D eigenvalue weighted by molar-refractivity contribution is -0.123. The molecule has 0 radical (unpaired) electrons. The third kappa shape index (κ3) is 11.8. The van der Waals surface area contributed by atoms with E-state index in [1.54, 1.807) is 26.0 Å². The van der Waals surface area contributed by atoms with Crippen LogP contribution >= 0.6 is 23.2 Å². The number of hydrogen-bond acceptors (Lipinski definition) is 9. The zero-order chi connectivity index (χ0) is 37.4. The van der Waals surface area contributed by atoms with Gasteiger partial charge in [0.1, 0.15) is 30.4 Å². The van der Waals surface area contributed by atoms with Gasteiger partial charge in [0.2, 0.25) is 5.91 Å². The smallest absolute Gasteiger partial charge is 0.235 e. The molecule has 2 aliphatic heterocycles. The van der Waals surface area contributed by atoms with Crippen molar-refractivity contribution in [3.63, 3.8) is 0 Å². The number of aryl methyl sites for hydroxylation is 2. The van der Waals surface area contributed by atoms with Gasteiger partial charge >= 0.3 is 0 Å². The van der Waals surface area contributed by atoms with Crippen molar-refractivity contribution in [2.24, 2.45) is 5.73 Å². The number of rotatable bonds is 6. The topological polar surface area (TPSA) is 129 Å². The summed E-state index contributed by atoms with van der Waals surface area (Å²) in [4.78, 5) is 27.6. The number of fused-ring (bicyclic) bond motifs is 2. The highest BCUT2D eigenvalue weighted by Gasteiger charge is 2.31. The van der Waals surface area contributed by atoms with E-state index in [9.17, 15) is 9.59 Å². The maximum atomic E-state index is 11.7. The van der Waals surface area contributed by atoms with E-state index in [-0.39, 0.29) is 18.1 Å². The van der Waals surface area contributed by atoms with Crippen molar-refractivity contribution in [2.75, 3.05) is 27.7 Å². The van der Waals surface area contributed by atoms with Gasteiger partial charge in [0, 0.05) is 13.5 Å². The fourth-order valence-corrected chi connectivity index (χ4v) is 5.34. The Balaban J connectivity index is 0.000000455. The van der Waals surface area contributed by atoms with Gasteiger partial charge in [-0.3, -0.25) is 14.5 Å². The molecule has 3 aromatic carbocycles. The number of nitrogens with one attached hydrogen (secondary N) is 1. The summed E-state index contributed by atoms with van der Waals surface area (Å²) in [7, 11) is 5.65. The summed E-state index contributed by atoms with van der Waals surface area (Å²) in [6.07, 6.45) is 0.990. The van der Waals surface area contributed by atoms with E-state index in [4.69, 9.17) is 47.6 Å². The van der Waals surface area contributed by atoms with Crippen molar-refractivity contribution in [1.29, 1.82) is 0 Å². The molecule has 0 spiro atoms. The maximum absolute atomic E-state index is 11.7. The fraction of sp³-hybridized carbons (Fsp3) is 0.395. The van der Waals surface area contributed by atoms with Gasteiger partial charge in [-0.2, -0.15) is 0 Å². The molecule has 50 heavy (non-hydrogen) atoms. The van der Waals surface area contributed by atoms with Crippen LogP contribution in [0.15, 0.2) is 59.0 Å². The van der Waals surface area contributed by atoms with Crippen LogP contribution in [-0.2, 0) is 24.4 Å². The van der Waals surface area contributed by atoms with Crippen LogP contribution in [0.3, 0.4) is 0 Å². The first-order chi connectivity index (χ1) is 24.0. The van der Waals surface area contributed by atoms with Crippen molar-refractivity contribution in [3.8, 4) is 17.2 Å². The molecule has 2 unspecified atom stereocenters. The van der Waals surface area contributed by atoms with Gasteiger partial charge in [0.05, 0.1) is 16.1 Å². The van der Waals surface area contributed by atoms with Gasteiger partial charge < -0.3 is 29.7 Å². The van der Waals surface area contributed by atoms with E-state index in [0.29, 0.717) is 71.4 Å². The lowest BCUT2D eigenvalue weighted by Crippen LogP contribution is -2.46. The Morgan fingerprint density at radius 2 is 1.70 bits per heavy atom. The highest BCUT2D eigenvalue weighted by atomic mass is 35.5. The molecule has 0 saturated carbocycles. The summed E-state index contributed by atoms with van der Waals surface area (Å²) >= 11 is 12.1. The Hall–Kier alpha value is -4.09. The maximum Gasteiger partial charge on any atom is 0.235 e. The van der Waals surface area contributed by atoms with Gasteiger partial charge in [-0.05, 0) is 93.1 Å². The summed E-state index contributed by atoms with van der Waals surface area (Å²) in [5.41, 5.74) is 10.0. The van der Waals surface area contributed by atoms with Gasteiger partial charge in [-0.15, -0.1) is 0 Å². The molecule has 0 aliphatic carbocycles. The second-order valence-electron chi connectivity index (χ2n) is 10.9. The average Bonchev–Trinajstić information content (AvgIpc) is 3.46. The monoisotopic (exact) mass is 728 g/mol. The molecule has 0 saturated heterocycles. The minimum absolute atomic E-state index is 0.265. The molecule has 4 aromatic rings. The summed E-state index contributed by atoms with van der Waals surface area (Å²) in [5, 5.41) is 3.77. The van der Waals surface area contributed by atoms with E-state index in [1.165, 1.54) is 0 Å². The van der Waals surface area contributed by atoms with Crippen molar-refractivity contribution < 1.29 is 28.2 Å². The number of aromatic nitrogens is 1. The number of likely N-dealkylation sites (N-methyl/N-ethyl adjacent to an activating group) is 1. The number of aldehydes is 1. The highest BCUT2D eigenvalue weighted by Crippen LogP contribution is 2.40. The molecular formula is C38H50Cl2N4O6. The first-order valence-electron chi connectivity index (χ1n) is 16.6. The summed E-state index contributed by atoms with van der Waals surface area (Å²) in [5.74, 6) is 2.92. The van der Waals surface area contributed by atoms with Crippen LogP contribution in [-0.4, -0.2) is 55.9 Å². The third-order valence-electron chi connectivity index (χ3n) is 7.29. The number of ether oxygens (including phenoxy) is 3. The lowest BCUT2D eigenvalue weighted by atomic mass is 9.93. The second kappa shape index (κ2) is 21.2. The summed E-state index contributed by atoms with van der Waals surface area (Å²) in [6.45, 7) is 12.8. The molecule has 1 amide bonds. The minimum atomic E-state index is -0.315. The van der Waals surface area contributed by atoms with Crippen LogP contribution in [0.25, 0.3) is 0 Å². The first-order valence-corrected chi connectivity index (χ1v) is 17.4. The Labute approximate surface area is 306 Å². The highest BCUT2D eigenvalue weighted by molar-refractivity contribution is 6.42. The average molecular weight is 730 g/mol. The predicted octanol–water partition coefficient (Wildman–Crippen LogP) is 7.92. The quantitative estimate of drug-likeness (QED) is 0.190. The number of primary amides is 1. The van der Waals surface area contributed by atoms with E-state index in [1.807, 2.05) is 96.2 Å². The number of benzene rings is 3. The molecule has 1 aromatic heterocycles. The van der Waals surface area contributed by atoms with Crippen LogP contribution in [0.1, 0.15) is 78.2 Å². The van der Waals surface area contributed by atoms with Crippen molar-refractivity contribution >= 4 is 35.4 Å². The molecule has 3 heterocycles. The Morgan fingerprint density at radius 1 is 1.02 bits per heavy atom. The lowest BCUT2D eigenvalue weighted by Gasteiger charge is -2.34. The fourth-order valence-electron chi connectivity index (χ4n) is 5.02. The molecule has 2 aliphatic rings. The number of carbonyl (C=O) groups is 2. The normalized spacial score (nSPS) is 15.5. The number of hydrogen-bond donors (Lipinski definition) is 2. The van der Waals surface area contributed by atoms with E-state index in [0.717, 1.165) is 28.0 Å². The molecule has 0 fully saturated rings. The summed E-state index contributed by atoms with van der Waals surface area (Å²) < 4.78 is 23.3. The molecule has 3 N–H and O–H groups in total. The van der Waals surface area contributed by atoms with Crippen LogP contribution < -0.4 is 25.3 Å². The predicted molar refractivity (Wildman–Crippen MR) is 200 cm³/mol. The van der Waals surface area contributed by atoms with E-state index >= 15 is 0 Å². The van der Waals surface area contributed by atoms with Crippen molar-refractivity contribution in [3.05, 3.63) is 104 Å². The largest absolute Gasteiger partial charge is 0.489 e. The standard InChI is InChI=1S/C26H24Cl2N2O4.C6H7NO2.C2H7N.2C2H6/c1-30-12-18-11-24-23(10-17(18)9-22(30)26(29)31)33-14-25(34-24)16-3-2-4-19(8-16)32-13-15-5-6-20(27)21(28)7-15;1-4-6(3-8)7-5(2)9-4;1-3-2;2*1-2/h2-8,10-11,22,25H,9,12-14H2,1H3,(H2,29,31);3H,1-2H3;3H,1-2H3;2*1-2H3. The summed E-state index contributed by atoms with van der Waals surface area (Å²) in [6, 6.07) is 16.9. The molecule has 12 heteroatoms. The van der Waals surface area contributed by atoms with Crippen LogP contribution in [0.2, 0.25) is 10.0 Å². The number of nitrogens with zero attached hydrogens (tertiary/aromatic N) is 2. The SMILES string of the molecule is CC.CC.CN1Cc2cc3c(cc2CC1C(N)=O)OCC(c1cccc(OCc2ccc(Cl)c(Cl)c2)c1)O3.CNC.Cc1nc(C=O)c(C)o1. The number of amides is 1. The Morgan fingerprint density at radius 3 is 2.28 bits per heavy atom. The molecule has 0 bridgehead atoms. The minimum Gasteiger partial charge on any atom is -0.489 e. The van der Waals surface area contributed by atoms with Gasteiger partial charge in [0.15, 0.2) is 29.8 Å². The van der Waals surface area contributed by atoms with Crippen molar-refractivity contribution in [1.82, 2.24) is 15.2 Å². The van der Waals surface area contributed by atoms with Gasteiger partial charge in [0.25, 0.3) is 0 Å². The Bertz CT molecular complexity index is 1680. The van der Waals surface area contributed by atoms with Gasteiger partial charge in [-0.1, -0.05) is 69.1 Å². The first kappa shape index (κ1) is 42.1. The Kier molecular flexibility index (Phi) is 17.8. The van der Waals surface area contributed by atoms with Crippen molar-refractivity contribution in [2.45, 2.75) is 73.3 Å². The number of oxazole rings is 1. The van der Waals surface area contributed by atoms with Crippen LogP contribution in [0.5, 0.6) is 17.2 Å². The van der Waals surface area contributed by atoms with Crippen LogP contribution in [0.4, 0.5) is 0 Å².